The Hall–Kier alpha value is -8.90. The maximum atomic E-state index is 13.8. The molecule has 448 valence electrons. The monoisotopic (exact) mass is 1260 g/mol. The first kappa shape index (κ1) is 65.3. The summed E-state index contributed by atoms with van der Waals surface area (Å²) in [7, 11) is -1.57. The number of nitrogens with one attached hydrogen (secondary N) is 4. The second kappa shape index (κ2) is 27.7. The first-order valence-corrected chi connectivity index (χ1v) is 28.2. The molecule has 4 amide bonds. The number of aromatic nitrogens is 4. The van der Waals surface area contributed by atoms with Crippen LogP contribution in [-0.4, -0.2) is 81.3 Å². The molecule has 0 saturated heterocycles. The largest absolute Gasteiger partial charge is 0.534 e. The Balaban J connectivity index is 0.000000232. The normalized spacial score (nSPS) is 11.8. The summed E-state index contributed by atoms with van der Waals surface area (Å²) in [5, 5.41) is 12.6. The topological polar surface area (TPSA) is 214 Å². The fourth-order valence-electron chi connectivity index (χ4n) is 8.64. The molecule has 0 aliphatic heterocycles. The van der Waals surface area contributed by atoms with E-state index < -0.39 is 44.9 Å². The number of alkyl carbamates (subject to hydrolysis) is 2. The molecule has 8 rings (SSSR count). The molecule has 0 atom stereocenters. The number of pyridine rings is 2. The number of ether oxygens (including phenoxy) is 2. The highest BCUT2D eigenvalue weighted by molar-refractivity contribution is 9.10. The SMILES string of the molecule is C/C=C/OS(=O)(=O)C(F)(F)F.C/C=C/c1c(NC(=O)CNC(=O)OC(C)(C)C)ccc2c(-c3ccncc3)c(-c3ccc(F)cc3)n(C)c12.Cn1c(-c2ccc(F)cc2)c(-c2ccncc2)c2ccc(NC(=O)CNC(=O)OC(C)(C)C)c(Br)c21. The minimum absolute atomic E-state index is 0.238. The van der Waals surface area contributed by atoms with Crippen LogP contribution in [0.2, 0.25) is 0 Å². The fraction of sp³-hybridized carbons (Fsp3) is 0.246. The Morgan fingerprint density at radius 2 is 0.976 bits per heavy atom. The predicted octanol–water partition coefficient (Wildman–Crippen LogP) is 14.2. The van der Waals surface area contributed by atoms with Gasteiger partial charge in [-0.15, -0.1) is 0 Å². The highest BCUT2D eigenvalue weighted by atomic mass is 79.9. The van der Waals surface area contributed by atoms with E-state index >= 15 is 0 Å². The van der Waals surface area contributed by atoms with Crippen molar-refractivity contribution in [3.05, 3.63) is 162 Å². The number of halogens is 6. The number of amides is 4. The molecule has 0 bridgehead atoms. The van der Waals surface area contributed by atoms with Crippen molar-refractivity contribution in [3.63, 3.8) is 0 Å². The van der Waals surface area contributed by atoms with E-state index in [2.05, 4.69) is 55.9 Å². The molecule has 0 unspecified atom stereocenters. The van der Waals surface area contributed by atoms with Crippen molar-refractivity contribution in [2.24, 2.45) is 14.1 Å². The molecule has 8 aromatic rings. The quantitative estimate of drug-likeness (QED) is 0.0369. The zero-order valence-corrected chi connectivity index (χ0v) is 50.3. The first-order chi connectivity index (χ1) is 39.9. The van der Waals surface area contributed by atoms with Crippen LogP contribution in [0.1, 0.15) is 61.0 Å². The Bertz CT molecular complexity index is 3880. The number of rotatable bonds is 13. The number of alkyl halides is 3. The smallest absolute Gasteiger partial charge is 0.444 e. The van der Waals surface area contributed by atoms with E-state index in [-0.39, 0.29) is 30.6 Å². The van der Waals surface area contributed by atoms with Crippen LogP contribution in [0.25, 0.3) is 72.7 Å². The van der Waals surface area contributed by atoms with E-state index in [0.29, 0.717) is 22.1 Å². The van der Waals surface area contributed by atoms with Gasteiger partial charge in [0, 0.05) is 66.3 Å². The third kappa shape index (κ3) is 16.9. The minimum atomic E-state index is -5.45. The van der Waals surface area contributed by atoms with Gasteiger partial charge >= 0.3 is 27.8 Å². The minimum Gasteiger partial charge on any atom is -0.444 e. The van der Waals surface area contributed by atoms with Gasteiger partial charge in [-0.05, 0) is 179 Å². The highest BCUT2D eigenvalue weighted by Gasteiger charge is 2.47. The van der Waals surface area contributed by atoms with Crippen molar-refractivity contribution in [3.8, 4) is 44.8 Å². The molecule has 0 fully saturated rings. The number of hydrogen-bond acceptors (Lipinski definition) is 11. The van der Waals surface area contributed by atoms with E-state index in [1.165, 1.54) is 31.2 Å². The Kier molecular flexibility index (Phi) is 21.2. The molecule has 0 spiro atoms. The van der Waals surface area contributed by atoms with Gasteiger partial charge in [-0.2, -0.15) is 21.6 Å². The lowest BCUT2D eigenvalue weighted by molar-refractivity contribution is -0.116. The van der Waals surface area contributed by atoms with Crippen LogP contribution in [0.3, 0.4) is 0 Å². The number of nitrogens with zero attached hydrogens (tertiary/aromatic N) is 4. The van der Waals surface area contributed by atoms with Gasteiger partial charge in [0.05, 0.1) is 38.3 Å². The van der Waals surface area contributed by atoms with E-state index in [1.54, 1.807) is 96.7 Å². The van der Waals surface area contributed by atoms with Crippen LogP contribution in [0.4, 0.5) is 42.9 Å². The molecule has 0 aliphatic carbocycles. The summed E-state index contributed by atoms with van der Waals surface area (Å²) < 4.78 is 100. The molecular formula is C61H62BrF5N8O9S. The Labute approximate surface area is 496 Å². The molecular weight excluding hydrogens is 1200 g/mol. The molecule has 4 aromatic heterocycles. The summed E-state index contributed by atoms with van der Waals surface area (Å²) in [6.07, 6.45) is 10.9. The van der Waals surface area contributed by atoms with Crippen LogP contribution in [0, 0.1) is 11.6 Å². The summed E-state index contributed by atoms with van der Waals surface area (Å²) in [4.78, 5) is 57.5. The van der Waals surface area contributed by atoms with Crippen molar-refractivity contribution in [1.29, 1.82) is 0 Å². The van der Waals surface area contributed by atoms with Crippen molar-refractivity contribution < 1.29 is 63.2 Å². The van der Waals surface area contributed by atoms with E-state index in [1.807, 2.05) is 80.2 Å². The molecule has 0 aliphatic rings. The Morgan fingerprint density at radius 3 is 1.38 bits per heavy atom. The number of carbonyl (C=O) groups excluding carboxylic acids is 4. The average Bonchev–Trinajstić information content (AvgIpc) is 1.67. The van der Waals surface area contributed by atoms with E-state index in [0.717, 1.165) is 78.2 Å². The Morgan fingerprint density at radius 1 is 0.576 bits per heavy atom. The number of benzene rings is 4. The molecule has 0 saturated carbocycles. The maximum Gasteiger partial charge on any atom is 0.534 e. The van der Waals surface area contributed by atoms with E-state index in [4.69, 9.17) is 9.47 Å². The summed E-state index contributed by atoms with van der Waals surface area (Å²) in [5.74, 6) is -1.40. The average molecular weight is 1260 g/mol. The number of aryl methyl sites for hydroxylation is 2. The summed E-state index contributed by atoms with van der Waals surface area (Å²) >= 11 is 3.67. The molecule has 17 nitrogen and oxygen atoms in total. The zero-order valence-electron chi connectivity index (χ0n) is 47.9. The second-order valence-electron chi connectivity index (χ2n) is 20.6. The van der Waals surface area contributed by atoms with Gasteiger partial charge in [0.25, 0.3) is 0 Å². The van der Waals surface area contributed by atoms with Crippen molar-refractivity contribution in [1.82, 2.24) is 29.7 Å². The highest BCUT2D eigenvalue weighted by Crippen LogP contribution is 2.46. The van der Waals surface area contributed by atoms with Gasteiger partial charge < -0.3 is 44.1 Å². The molecule has 24 heteroatoms. The van der Waals surface area contributed by atoms with Gasteiger partial charge in [0.15, 0.2) is 0 Å². The molecule has 0 radical (unpaired) electrons. The summed E-state index contributed by atoms with van der Waals surface area (Å²) in [6, 6.07) is 28.0. The fourth-order valence-corrected chi connectivity index (χ4v) is 9.72. The zero-order chi connectivity index (χ0) is 62.6. The van der Waals surface area contributed by atoms with Crippen LogP contribution in [-0.2, 0) is 47.5 Å². The van der Waals surface area contributed by atoms with Crippen LogP contribution >= 0.6 is 15.9 Å². The van der Waals surface area contributed by atoms with Gasteiger partial charge in [-0.3, -0.25) is 19.6 Å². The van der Waals surface area contributed by atoms with Gasteiger partial charge in [0.1, 0.15) is 42.2 Å². The van der Waals surface area contributed by atoms with Gasteiger partial charge in [0.2, 0.25) is 11.8 Å². The number of carbonyl (C=O) groups is 4. The lowest BCUT2D eigenvalue weighted by Gasteiger charge is -2.19. The molecule has 85 heavy (non-hydrogen) atoms. The lowest BCUT2D eigenvalue weighted by atomic mass is 9.97. The first-order valence-electron chi connectivity index (χ1n) is 26.0. The van der Waals surface area contributed by atoms with Crippen molar-refractivity contribution >= 4 is 89.3 Å². The van der Waals surface area contributed by atoms with E-state index in [9.17, 15) is 49.5 Å². The second-order valence-corrected chi connectivity index (χ2v) is 22.9. The summed E-state index contributed by atoms with van der Waals surface area (Å²) in [6.45, 7) is 13.3. The molecule has 4 heterocycles. The van der Waals surface area contributed by atoms with Gasteiger partial charge in [-0.25, -0.2) is 18.4 Å². The third-order valence-electron chi connectivity index (χ3n) is 11.9. The molecule has 4 N–H and O–H groups in total. The van der Waals surface area contributed by atoms with Crippen LogP contribution in [0.5, 0.6) is 0 Å². The summed E-state index contributed by atoms with van der Waals surface area (Å²) in [5.41, 5.74) is 4.40. The standard InChI is InChI=1S/C30H31FN4O3.C27H26BrFN4O3.C4H5F3O3S/c1-6-7-22-24(34-25(36)18-33-29(37)38-30(2,3)4)13-12-23-26(19-14-16-32-17-15-19)27(35(5)28(22)23)20-8-10-21(31)11-9-20;1-27(2,3)36-26(35)31-15-21(34)32-20-10-9-19-22(16-11-13-30-14-12-16)24(33(4)25(19)23(20)28)17-5-7-18(29)8-6-17;1-2-3-10-11(8,9)4(5,6)7/h6-17H,18H2,1-5H3,(H,33,37)(H,34,36);5-14H,15H2,1-4H3,(H,31,35)(H,32,34);2-3H,1H3/b7-6+;;3-2+. The maximum absolute atomic E-state index is 13.8. The van der Waals surface area contributed by atoms with Crippen LogP contribution < -0.4 is 21.3 Å². The van der Waals surface area contributed by atoms with Crippen molar-refractivity contribution in [2.75, 3.05) is 23.7 Å². The number of fused-ring (bicyclic) bond motifs is 2. The number of hydrogen-bond donors (Lipinski definition) is 4. The van der Waals surface area contributed by atoms with Crippen molar-refractivity contribution in [2.45, 2.75) is 72.1 Å². The molecule has 4 aromatic carbocycles. The number of allylic oxidation sites excluding steroid dienone is 2. The lowest BCUT2D eigenvalue weighted by Crippen LogP contribution is -2.37. The van der Waals surface area contributed by atoms with Gasteiger partial charge in [-0.1, -0.05) is 30.4 Å². The number of anilines is 2. The predicted molar refractivity (Wildman–Crippen MR) is 322 cm³/mol. The van der Waals surface area contributed by atoms with Crippen LogP contribution in [0.15, 0.2) is 145 Å². The third-order valence-corrected chi connectivity index (χ3v) is 13.7.